The lowest BCUT2D eigenvalue weighted by Gasteiger charge is -2.64. The molecule has 4 aliphatic rings. The quantitative estimate of drug-likeness (QED) is 0.292. The van der Waals surface area contributed by atoms with Crippen molar-refractivity contribution in [3.05, 3.63) is 23.3 Å². The van der Waals surface area contributed by atoms with Crippen molar-refractivity contribution >= 4 is 19.2 Å². The summed E-state index contributed by atoms with van der Waals surface area (Å²) < 4.78 is 29.2. The summed E-state index contributed by atoms with van der Waals surface area (Å²) in [5.74, 6) is -0.106. The van der Waals surface area contributed by atoms with Crippen LogP contribution in [-0.2, 0) is 25.2 Å². The molecule has 4 atom stereocenters. The van der Waals surface area contributed by atoms with E-state index in [4.69, 9.17) is 23.5 Å². The normalized spacial score (nSPS) is 28.2. The molecule has 2 bridgehead atoms. The smallest absolute Gasteiger partial charge is 0.507 e. The minimum Gasteiger partial charge on any atom is -0.507 e. The van der Waals surface area contributed by atoms with E-state index in [-0.39, 0.29) is 34.2 Å². The van der Waals surface area contributed by atoms with Gasteiger partial charge in [-0.1, -0.05) is 19.9 Å². The maximum Gasteiger partial charge on any atom is 0.514 e. The molecule has 0 spiro atoms. The summed E-state index contributed by atoms with van der Waals surface area (Å²) in [5, 5.41) is 10.6. The van der Waals surface area contributed by atoms with Gasteiger partial charge in [0.1, 0.15) is 22.5 Å². The summed E-state index contributed by atoms with van der Waals surface area (Å²) in [4.78, 5) is 25.6. The number of carbonyl (C=O) groups is 2. The van der Waals surface area contributed by atoms with E-state index in [0.29, 0.717) is 30.1 Å². The molecule has 0 aromatic heterocycles. The van der Waals surface area contributed by atoms with Crippen LogP contribution in [0.5, 0.6) is 11.5 Å². The number of hydrogen-bond donors (Lipinski definition) is 1. The highest BCUT2D eigenvalue weighted by Gasteiger charge is 2.67. The highest BCUT2D eigenvalue weighted by atomic mass is 16.7. The van der Waals surface area contributed by atoms with Gasteiger partial charge in [0, 0.05) is 0 Å². The number of hydrogen-bond acceptors (Lipinski definition) is 8. The molecule has 1 saturated heterocycles. The second kappa shape index (κ2) is 9.19. The number of benzene rings is 1. The second-order valence-electron chi connectivity index (χ2n) is 13.5. The van der Waals surface area contributed by atoms with Crippen LogP contribution in [0.4, 0.5) is 4.79 Å². The molecule has 1 aliphatic heterocycles. The zero-order valence-corrected chi connectivity index (χ0v) is 23.6. The highest BCUT2D eigenvalue weighted by molar-refractivity contribution is 6.45. The maximum atomic E-state index is 13.0. The molecule has 4 fully saturated rings. The third-order valence-corrected chi connectivity index (χ3v) is 8.05. The van der Waals surface area contributed by atoms with E-state index in [1.807, 2.05) is 0 Å². The van der Waals surface area contributed by atoms with E-state index in [9.17, 15) is 14.7 Å². The van der Waals surface area contributed by atoms with E-state index < -0.39 is 30.4 Å². The summed E-state index contributed by atoms with van der Waals surface area (Å²) in [6.07, 6.45) is 2.13. The molecule has 0 unspecified atom stereocenters. The van der Waals surface area contributed by atoms with Gasteiger partial charge in [-0.05, 0) is 103 Å². The summed E-state index contributed by atoms with van der Waals surface area (Å²) in [5.41, 5.74) is -1.36. The van der Waals surface area contributed by atoms with Crippen molar-refractivity contribution in [1.82, 2.24) is 0 Å². The number of phenols is 1. The molecular formula is C28H41BO8. The molecule has 8 nitrogen and oxygen atoms in total. The van der Waals surface area contributed by atoms with E-state index >= 15 is 0 Å². The van der Waals surface area contributed by atoms with Crippen LogP contribution in [-0.4, -0.2) is 47.3 Å². The highest BCUT2D eigenvalue weighted by Crippen LogP contribution is 2.65. The van der Waals surface area contributed by atoms with Crippen LogP contribution in [0.15, 0.2) is 12.1 Å². The molecule has 0 radical (unpaired) electrons. The van der Waals surface area contributed by atoms with Gasteiger partial charge in [0.25, 0.3) is 0 Å². The second-order valence-corrected chi connectivity index (χ2v) is 13.5. The Morgan fingerprint density at radius 3 is 2.30 bits per heavy atom. The summed E-state index contributed by atoms with van der Waals surface area (Å²) >= 11 is 0. The average Bonchev–Trinajstić information content (AvgIpc) is 3.06. The van der Waals surface area contributed by atoms with Gasteiger partial charge < -0.3 is 28.6 Å². The number of ether oxygens (including phenoxy) is 3. The third kappa shape index (κ3) is 5.48. The molecule has 5 rings (SSSR count). The number of aromatic hydroxyl groups is 1. The van der Waals surface area contributed by atoms with E-state index in [0.717, 1.165) is 6.42 Å². The first-order valence-corrected chi connectivity index (χ1v) is 13.2. The Bertz CT molecular complexity index is 1070. The molecule has 1 aromatic carbocycles. The van der Waals surface area contributed by atoms with Crippen LogP contribution in [0.2, 0.25) is 6.32 Å². The number of aryl methyl sites for hydroxylation is 1. The fourth-order valence-electron chi connectivity index (χ4n) is 6.16. The monoisotopic (exact) mass is 516 g/mol. The van der Waals surface area contributed by atoms with Crippen LogP contribution >= 0.6 is 0 Å². The molecular weight excluding hydrogens is 475 g/mol. The molecule has 1 N–H and O–H groups in total. The van der Waals surface area contributed by atoms with Crippen molar-refractivity contribution in [2.45, 2.75) is 111 Å². The Balaban J connectivity index is 1.56. The minimum absolute atomic E-state index is 0.0592. The van der Waals surface area contributed by atoms with Gasteiger partial charge in [-0.25, -0.2) is 9.59 Å². The van der Waals surface area contributed by atoms with Crippen LogP contribution in [0, 0.1) is 17.3 Å². The fraction of sp³-hybridized carbons (Fsp3) is 0.714. The first-order valence-electron chi connectivity index (χ1n) is 13.2. The zero-order chi connectivity index (χ0) is 27.6. The van der Waals surface area contributed by atoms with Crippen molar-refractivity contribution < 1.29 is 38.2 Å². The number of esters is 1. The van der Waals surface area contributed by atoms with Gasteiger partial charge in [-0.3, -0.25) is 0 Å². The molecule has 9 heteroatoms. The predicted molar refractivity (Wildman–Crippen MR) is 139 cm³/mol. The number of phenolic OH excluding ortho intramolecular Hbond substituents is 1. The van der Waals surface area contributed by atoms with Crippen molar-refractivity contribution in [3.8, 4) is 11.5 Å². The van der Waals surface area contributed by atoms with Gasteiger partial charge in [-0.15, -0.1) is 0 Å². The van der Waals surface area contributed by atoms with Gasteiger partial charge in [-0.2, -0.15) is 0 Å². The molecule has 204 valence electrons. The minimum atomic E-state index is -0.974. The number of carbonyl (C=O) groups excluding carboxylic acids is 2. The Hall–Kier alpha value is -2.26. The SMILES string of the molecule is CC(C)(C)OC(=O)Oc1c(CCB2O[C@@H]3C[C@@H]4C[C@@H](C4(C)C)[C@]3(C)O2)ccc(O)c1C(=O)OC(C)(C)C. The molecule has 1 heterocycles. The van der Waals surface area contributed by atoms with Crippen LogP contribution in [0.25, 0.3) is 0 Å². The molecule has 0 amide bonds. The molecule has 1 aromatic rings. The van der Waals surface area contributed by atoms with Crippen molar-refractivity contribution in [3.63, 3.8) is 0 Å². The third-order valence-electron chi connectivity index (χ3n) is 8.05. The first-order chi connectivity index (χ1) is 16.9. The van der Waals surface area contributed by atoms with E-state index in [1.165, 1.54) is 12.5 Å². The lowest BCUT2D eigenvalue weighted by molar-refractivity contribution is -0.199. The van der Waals surface area contributed by atoms with Crippen molar-refractivity contribution in [2.75, 3.05) is 0 Å². The van der Waals surface area contributed by atoms with Crippen LogP contribution < -0.4 is 4.74 Å². The van der Waals surface area contributed by atoms with E-state index in [2.05, 4.69) is 20.8 Å². The van der Waals surface area contributed by atoms with Gasteiger partial charge in [0.15, 0.2) is 5.75 Å². The average molecular weight is 516 g/mol. The zero-order valence-electron chi connectivity index (χ0n) is 23.6. The summed E-state index contributed by atoms with van der Waals surface area (Å²) in [6.45, 7) is 17.1. The maximum absolute atomic E-state index is 13.0. The van der Waals surface area contributed by atoms with Gasteiger partial charge in [0.05, 0.1) is 11.7 Å². The summed E-state index contributed by atoms with van der Waals surface area (Å²) in [7, 11) is -0.418. The first kappa shape index (κ1) is 27.8. The summed E-state index contributed by atoms with van der Waals surface area (Å²) in [6, 6.07) is 3.04. The van der Waals surface area contributed by atoms with Crippen molar-refractivity contribution in [1.29, 1.82) is 0 Å². The standard InChI is InChI=1S/C28H41BO8/c1-25(2,3)34-23(31)21-18(30)11-10-16(22(21)33-24(32)35-26(4,5)6)12-13-29-36-20-15-17-14-19(27(17,7)8)28(20,9)37-29/h10-11,17,19-20,30H,12-15H2,1-9H3/t17-,19-,20+,28-/m0/s1. The number of rotatable bonds is 5. The van der Waals surface area contributed by atoms with Crippen LogP contribution in [0.3, 0.4) is 0 Å². The topological polar surface area (TPSA) is 101 Å². The Labute approximate surface area is 220 Å². The Morgan fingerprint density at radius 1 is 1.05 bits per heavy atom. The fourth-order valence-corrected chi connectivity index (χ4v) is 6.16. The predicted octanol–water partition coefficient (Wildman–Crippen LogP) is 5.93. The Kier molecular flexibility index (Phi) is 6.90. The molecule has 3 aliphatic carbocycles. The van der Waals surface area contributed by atoms with Crippen molar-refractivity contribution in [2.24, 2.45) is 17.3 Å². The Morgan fingerprint density at radius 2 is 1.70 bits per heavy atom. The van der Waals surface area contributed by atoms with Crippen LogP contribution in [0.1, 0.15) is 91.1 Å². The van der Waals surface area contributed by atoms with E-state index in [1.54, 1.807) is 47.6 Å². The molecule has 3 saturated carbocycles. The largest absolute Gasteiger partial charge is 0.514 e. The van der Waals surface area contributed by atoms with Gasteiger partial charge >= 0.3 is 19.2 Å². The van der Waals surface area contributed by atoms with Gasteiger partial charge in [0.2, 0.25) is 0 Å². The molecule has 37 heavy (non-hydrogen) atoms. The lowest BCUT2D eigenvalue weighted by Crippen LogP contribution is -2.65. The lowest BCUT2D eigenvalue weighted by atomic mass is 9.43.